The smallest absolute Gasteiger partial charge is 0.185 e. The Morgan fingerprint density at radius 1 is 1.31 bits per heavy atom. The zero-order valence-electron chi connectivity index (χ0n) is 9.14. The van der Waals surface area contributed by atoms with Crippen LogP contribution >= 0.6 is 0 Å². The molecule has 0 aliphatic carbocycles. The Kier molecular flexibility index (Phi) is 2.50. The van der Waals surface area contributed by atoms with Crippen molar-refractivity contribution in [2.75, 3.05) is 5.73 Å². The molecule has 16 heavy (non-hydrogen) atoms. The summed E-state index contributed by atoms with van der Waals surface area (Å²) in [5.74, 6) is -1.84. The van der Waals surface area contributed by atoms with Crippen LogP contribution in [0.25, 0.3) is 10.9 Å². The minimum Gasteiger partial charge on any atom is -0.398 e. The van der Waals surface area contributed by atoms with Crippen molar-refractivity contribution in [2.24, 2.45) is 0 Å². The summed E-state index contributed by atoms with van der Waals surface area (Å²) < 4.78 is 26.5. The van der Waals surface area contributed by atoms with Gasteiger partial charge in [-0.15, -0.1) is 0 Å². The fourth-order valence-electron chi connectivity index (χ4n) is 1.91. The van der Waals surface area contributed by atoms with Gasteiger partial charge >= 0.3 is 0 Å². The number of halogens is 2. The molecule has 2 aromatic rings. The van der Waals surface area contributed by atoms with Crippen molar-refractivity contribution in [3.05, 3.63) is 35.0 Å². The van der Waals surface area contributed by atoms with E-state index in [1.54, 1.807) is 6.92 Å². The number of fused-ring (bicyclic) bond motifs is 1. The summed E-state index contributed by atoms with van der Waals surface area (Å²) in [4.78, 5) is 4.07. The van der Waals surface area contributed by atoms with E-state index in [-0.39, 0.29) is 5.52 Å². The van der Waals surface area contributed by atoms with Crippen LogP contribution in [0.15, 0.2) is 12.1 Å². The Morgan fingerprint density at radius 2 is 2.00 bits per heavy atom. The van der Waals surface area contributed by atoms with Crippen LogP contribution in [-0.4, -0.2) is 4.98 Å². The largest absolute Gasteiger partial charge is 0.398 e. The number of nitrogens with zero attached hydrogens (tertiary/aromatic N) is 1. The number of hydrogen-bond donors (Lipinski definition) is 1. The molecule has 4 heteroatoms. The molecule has 0 fully saturated rings. The lowest BCUT2D eigenvalue weighted by Gasteiger charge is -2.10. The van der Waals surface area contributed by atoms with Gasteiger partial charge in [0.2, 0.25) is 0 Å². The molecule has 0 atom stereocenters. The summed E-state index contributed by atoms with van der Waals surface area (Å²) in [6.07, 6.45) is 0.722. The number of aromatic nitrogens is 1. The van der Waals surface area contributed by atoms with Crippen molar-refractivity contribution in [3.8, 4) is 0 Å². The van der Waals surface area contributed by atoms with Gasteiger partial charge in [-0.3, -0.25) is 0 Å². The number of anilines is 1. The molecule has 1 aromatic heterocycles. The highest BCUT2D eigenvalue weighted by atomic mass is 19.2. The molecule has 0 saturated heterocycles. The van der Waals surface area contributed by atoms with Crippen molar-refractivity contribution >= 4 is 16.6 Å². The van der Waals surface area contributed by atoms with E-state index in [4.69, 9.17) is 5.73 Å². The van der Waals surface area contributed by atoms with E-state index in [0.717, 1.165) is 18.1 Å². The van der Waals surface area contributed by atoms with Crippen LogP contribution in [-0.2, 0) is 6.42 Å². The van der Waals surface area contributed by atoms with Gasteiger partial charge in [0.05, 0.1) is 0 Å². The first-order valence-electron chi connectivity index (χ1n) is 5.09. The van der Waals surface area contributed by atoms with E-state index in [2.05, 4.69) is 4.98 Å². The average Bonchev–Trinajstić information content (AvgIpc) is 2.25. The Hall–Kier alpha value is -1.71. The maximum atomic E-state index is 13.5. The molecular formula is C12H12F2N2. The van der Waals surface area contributed by atoms with Crippen LogP contribution in [0.4, 0.5) is 14.5 Å². The normalized spacial score (nSPS) is 11.0. The molecule has 0 spiro atoms. The van der Waals surface area contributed by atoms with Crippen LogP contribution < -0.4 is 5.73 Å². The van der Waals surface area contributed by atoms with Crippen molar-refractivity contribution in [3.63, 3.8) is 0 Å². The summed E-state index contributed by atoms with van der Waals surface area (Å²) in [5.41, 5.74) is 7.95. The average molecular weight is 222 g/mol. The Morgan fingerprint density at radius 3 is 2.62 bits per heavy atom. The second kappa shape index (κ2) is 3.70. The Balaban J connectivity index is 2.92. The molecule has 0 unspecified atom stereocenters. The number of benzene rings is 1. The highest BCUT2D eigenvalue weighted by Crippen LogP contribution is 2.28. The van der Waals surface area contributed by atoms with Gasteiger partial charge in [-0.1, -0.05) is 6.92 Å². The van der Waals surface area contributed by atoms with Crippen LogP contribution in [0.3, 0.4) is 0 Å². The zero-order chi connectivity index (χ0) is 11.9. The Labute approximate surface area is 92.1 Å². The lowest BCUT2D eigenvalue weighted by Crippen LogP contribution is -2.02. The van der Waals surface area contributed by atoms with Gasteiger partial charge in [0.25, 0.3) is 0 Å². The van der Waals surface area contributed by atoms with Crippen molar-refractivity contribution in [2.45, 2.75) is 20.3 Å². The summed E-state index contributed by atoms with van der Waals surface area (Å²) in [7, 11) is 0. The summed E-state index contributed by atoms with van der Waals surface area (Å²) in [6.45, 7) is 3.70. The number of pyridine rings is 1. The maximum Gasteiger partial charge on any atom is 0.185 e. The molecule has 0 bridgehead atoms. The predicted octanol–water partition coefficient (Wildman–Crippen LogP) is 2.97. The second-order valence-corrected chi connectivity index (χ2v) is 3.70. The summed E-state index contributed by atoms with van der Waals surface area (Å²) >= 11 is 0. The van der Waals surface area contributed by atoms with E-state index in [9.17, 15) is 8.78 Å². The molecular weight excluding hydrogens is 210 g/mol. The van der Waals surface area contributed by atoms with E-state index < -0.39 is 11.6 Å². The summed E-state index contributed by atoms with van der Waals surface area (Å²) in [5, 5.41) is 0.473. The molecule has 1 heterocycles. The zero-order valence-corrected chi connectivity index (χ0v) is 9.14. The SMILES string of the molecule is CCc1c(C)nc2c(F)c(F)ccc2c1N. The van der Waals surface area contributed by atoms with Gasteiger partial charge in [0, 0.05) is 16.8 Å². The molecule has 0 saturated carbocycles. The number of rotatable bonds is 1. The fourth-order valence-corrected chi connectivity index (χ4v) is 1.91. The van der Waals surface area contributed by atoms with Crippen LogP contribution in [0.2, 0.25) is 0 Å². The van der Waals surface area contributed by atoms with Crippen LogP contribution in [0, 0.1) is 18.6 Å². The predicted molar refractivity (Wildman–Crippen MR) is 60.2 cm³/mol. The van der Waals surface area contributed by atoms with Crippen molar-refractivity contribution in [1.29, 1.82) is 0 Å². The first kappa shape index (κ1) is 10.8. The highest BCUT2D eigenvalue weighted by molar-refractivity contribution is 5.92. The number of nitrogens with two attached hydrogens (primary N) is 1. The van der Waals surface area contributed by atoms with E-state index in [0.29, 0.717) is 16.8 Å². The van der Waals surface area contributed by atoms with E-state index in [1.165, 1.54) is 6.07 Å². The second-order valence-electron chi connectivity index (χ2n) is 3.70. The third-order valence-electron chi connectivity index (χ3n) is 2.75. The van der Waals surface area contributed by atoms with Crippen molar-refractivity contribution < 1.29 is 8.78 Å². The van der Waals surface area contributed by atoms with Gasteiger partial charge in [0.1, 0.15) is 5.52 Å². The maximum absolute atomic E-state index is 13.5. The topological polar surface area (TPSA) is 38.9 Å². The number of nitrogen functional groups attached to an aromatic ring is 1. The van der Waals surface area contributed by atoms with Crippen molar-refractivity contribution in [1.82, 2.24) is 4.98 Å². The van der Waals surface area contributed by atoms with Crippen LogP contribution in [0.5, 0.6) is 0 Å². The number of aryl methyl sites for hydroxylation is 1. The molecule has 84 valence electrons. The van der Waals surface area contributed by atoms with Gasteiger partial charge in [-0.05, 0) is 31.0 Å². The molecule has 0 amide bonds. The fraction of sp³-hybridized carbons (Fsp3) is 0.250. The summed E-state index contributed by atoms with van der Waals surface area (Å²) in [6, 6.07) is 2.54. The monoisotopic (exact) mass is 222 g/mol. The molecule has 2 nitrogen and oxygen atoms in total. The standard InChI is InChI=1S/C12H12F2N2/c1-3-7-6(2)16-12-8(11(7)15)4-5-9(13)10(12)14/h4-5H,3H2,1-2H3,(H2,15,16). The lowest BCUT2D eigenvalue weighted by atomic mass is 10.0. The third-order valence-corrected chi connectivity index (χ3v) is 2.75. The van der Waals surface area contributed by atoms with Gasteiger partial charge in [-0.25, -0.2) is 13.8 Å². The molecule has 1 aromatic carbocycles. The van der Waals surface area contributed by atoms with E-state index >= 15 is 0 Å². The van der Waals surface area contributed by atoms with Gasteiger partial charge in [0.15, 0.2) is 11.6 Å². The quantitative estimate of drug-likeness (QED) is 0.805. The molecule has 0 aliphatic rings. The van der Waals surface area contributed by atoms with Crippen LogP contribution in [0.1, 0.15) is 18.2 Å². The third kappa shape index (κ3) is 1.41. The van der Waals surface area contributed by atoms with Gasteiger partial charge < -0.3 is 5.73 Å². The lowest BCUT2D eigenvalue weighted by molar-refractivity contribution is 0.515. The number of hydrogen-bond acceptors (Lipinski definition) is 2. The Bertz CT molecular complexity index is 565. The minimum atomic E-state index is -0.935. The van der Waals surface area contributed by atoms with Gasteiger partial charge in [-0.2, -0.15) is 0 Å². The molecule has 0 aliphatic heterocycles. The van der Waals surface area contributed by atoms with E-state index in [1.807, 2.05) is 6.92 Å². The molecule has 2 N–H and O–H groups in total. The first-order valence-corrected chi connectivity index (χ1v) is 5.09. The molecule has 2 rings (SSSR count). The first-order chi connectivity index (χ1) is 7.56. The highest BCUT2D eigenvalue weighted by Gasteiger charge is 2.14. The minimum absolute atomic E-state index is 0.00667. The molecule has 0 radical (unpaired) electrons.